The summed E-state index contributed by atoms with van der Waals surface area (Å²) in [5.41, 5.74) is 5.20. The van der Waals surface area contributed by atoms with E-state index >= 15 is 0 Å². The monoisotopic (exact) mass is 375 g/mol. The maximum absolute atomic E-state index is 12.9. The van der Waals surface area contributed by atoms with Crippen LogP contribution in [0.5, 0.6) is 0 Å². The minimum atomic E-state index is 0.0246. The van der Waals surface area contributed by atoms with Crippen LogP contribution in [0.3, 0.4) is 0 Å². The van der Waals surface area contributed by atoms with Crippen LogP contribution in [0, 0.1) is 0 Å². The van der Waals surface area contributed by atoms with Crippen LogP contribution in [0.2, 0.25) is 5.02 Å². The lowest BCUT2D eigenvalue weighted by Gasteiger charge is -2.26. The number of hydrogen-bond donors (Lipinski definition) is 2. The lowest BCUT2D eigenvalue weighted by Crippen LogP contribution is -2.34. The van der Waals surface area contributed by atoms with Crippen LogP contribution in [0.15, 0.2) is 60.8 Å². The highest BCUT2D eigenvalue weighted by Gasteiger charge is 2.21. The second kappa shape index (κ2) is 6.32. The van der Waals surface area contributed by atoms with Gasteiger partial charge in [-0.3, -0.25) is 4.79 Å². The number of carbonyl (C=O) groups is 1. The molecule has 0 saturated carbocycles. The van der Waals surface area contributed by atoms with E-state index in [1.165, 1.54) is 16.5 Å². The van der Waals surface area contributed by atoms with Gasteiger partial charge < -0.3 is 14.9 Å². The van der Waals surface area contributed by atoms with Crippen LogP contribution in [0.4, 0.5) is 0 Å². The largest absolute Gasteiger partial charge is 0.361 e. The van der Waals surface area contributed by atoms with Gasteiger partial charge >= 0.3 is 0 Å². The number of rotatable bonds is 2. The number of nitrogens with one attached hydrogen (secondary N) is 2. The van der Waals surface area contributed by atoms with Gasteiger partial charge in [0.05, 0.1) is 0 Å². The fourth-order valence-corrected chi connectivity index (χ4v) is 4.01. The average molecular weight is 376 g/mol. The summed E-state index contributed by atoms with van der Waals surface area (Å²) in [6, 6.07) is 15.8. The predicted molar refractivity (Wildman–Crippen MR) is 110 cm³/mol. The minimum Gasteiger partial charge on any atom is -0.361 e. The third kappa shape index (κ3) is 2.82. The van der Waals surface area contributed by atoms with E-state index in [1.54, 1.807) is 0 Å². The zero-order valence-corrected chi connectivity index (χ0v) is 15.4. The highest BCUT2D eigenvalue weighted by atomic mass is 35.5. The number of aromatic nitrogens is 2. The standard InChI is InChI=1S/C22H18ClN3O/c23-16-5-6-19-15(11-16)12-21(25-19)22(27)26-9-7-14(8-10-26)18-13-24-20-4-2-1-3-17(18)20/h1-7,11-13,24-25H,8-10H2. The topological polar surface area (TPSA) is 51.9 Å². The van der Waals surface area contributed by atoms with Crippen molar-refractivity contribution in [1.29, 1.82) is 0 Å². The average Bonchev–Trinajstić information content (AvgIpc) is 3.31. The molecule has 0 radical (unpaired) electrons. The highest BCUT2D eigenvalue weighted by molar-refractivity contribution is 6.31. The molecular weight excluding hydrogens is 358 g/mol. The first-order valence-corrected chi connectivity index (χ1v) is 9.40. The minimum absolute atomic E-state index is 0.0246. The van der Waals surface area contributed by atoms with E-state index in [-0.39, 0.29) is 5.91 Å². The number of para-hydroxylation sites is 1. The molecule has 2 N–H and O–H groups in total. The molecule has 0 bridgehead atoms. The molecule has 134 valence electrons. The fraction of sp³-hybridized carbons (Fsp3) is 0.136. The van der Waals surface area contributed by atoms with Gasteiger partial charge in [0.1, 0.15) is 5.69 Å². The first-order valence-electron chi connectivity index (χ1n) is 9.02. The van der Waals surface area contributed by atoms with E-state index < -0.39 is 0 Å². The number of hydrogen-bond acceptors (Lipinski definition) is 1. The molecule has 27 heavy (non-hydrogen) atoms. The lowest BCUT2D eigenvalue weighted by molar-refractivity contribution is 0.0768. The third-order valence-electron chi connectivity index (χ3n) is 5.24. The first kappa shape index (κ1) is 16.2. The van der Waals surface area contributed by atoms with E-state index in [2.05, 4.69) is 40.4 Å². The van der Waals surface area contributed by atoms with Crippen LogP contribution in [-0.2, 0) is 0 Å². The zero-order chi connectivity index (χ0) is 18.4. The Labute approximate surface area is 161 Å². The molecule has 0 saturated heterocycles. The van der Waals surface area contributed by atoms with Crippen molar-refractivity contribution in [3.63, 3.8) is 0 Å². The summed E-state index contributed by atoms with van der Waals surface area (Å²) >= 11 is 6.04. The van der Waals surface area contributed by atoms with E-state index in [9.17, 15) is 4.79 Å². The van der Waals surface area contributed by atoms with Crippen molar-refractivity contribution in [1.82, 2.24) is 14.9 Å². The Morgan fingerprint density at radius 1 is 1.07 bits per heavy atom. The quantitative estimate of drug-likeness (QED) is 0.495. The summed E-state index contributed by atoms with van der Waals surface area (Å²) in [6.45, 7) is 1.32. The van der Waals surface area contributed by atoms with E-state index in [4.69, 9.17) is 11.6 Å². The lowest BCUT2D eigenvalue weighted by atomic mass is 9.99. The number of halogens is 1. The number of fused-ring (bicyclic) bond motifs is 2. The Kier molecular flexibility index (Phi) is 3.80. The maximum atomic E-state index is 12.9. The number of carbonyl (C=O) groups excluding carboxylic acids is 1. The molecule has 2 aromatic heterocycles. The molecule has 4 nitrogen and oxygen atoms in total. The Morgan fingerprint density at radius 2 is 1.96 bits per heavy atom. The first-order chi connectivity index (χ1) is 13.2. The molecule has 0 spiro atoms. The zero-order valence-electron chi connectivity index (χ0n) is 14.6. The van der Waals surface area contributed by atoms with Crippen molar-refractivity contribution in [2.75, 3.05) is 13.1 Å². The molecule has 0 fully saturated rings. The van der Waals surface area contributed by atoms with Crippen molar-refractivity contribution < 1.29 is 4.79 Å². The van der Waals surface area contributed by atoms with Crippen LogP contribution in [-0.4, -0.2) is 33.9 Å². The van der Waals surface area contributed by atoms with Gasteiger partial charge in [0, 0.05) is 51.7 Å². The molecule has 0 aliphatic carbocycles. The summed E-state index contributed by atoms with van der Waals surface area (Å²) in [5.74, 6) is 0.0246. The normalized spacial score (nSPS) is 14.7. The number of benzene rings is 2. The number of amides is 1. The molecule has 5 heteroatoms. The molecule has 1 aliphatic heterocycles. The van der Waals surface area contributed by atoms with Gasteiger partial charge in [-0.1, -0.05) is 35.9 Å². The molecule has 0 atom stereocenters. The van der Waals surface area contributed by atoms with Gasteiger partial charge in [-0.2, -0.15) is 0 Å². The molecule has 2 aromatic carbocycles. The second-order valence-corrected chi connectivity index (χ2v) is 7.33. The Balaban J connectivity index is 1.39. The Bertz CT molecular complexity index is 1200. The summed E-state index contributed by atoms with van der Waals surface area (Å²) in [6.07, 6.45) is 5.07. The van der Waals surface area contributed by atoms with E-state index in [0.717, 1.165) is 22.8 Å². The van der Waals surface area contributed by atoms with Gasteiger partial charge in [0.25, 0.3) is 5.91 Å². The number of H-pyrrole nitrogens is 2. The van der Waals surface area contributed by atoms with Crippen LogP contribution < -0.4 is 0 Å². The van der Waals surface area contributed by atoms with Crippen molar-refractivity contribution in [3.8, 4) is 0 Å². The molecule has 0 unspecified atom stereocenters. The molecule has 5 rings (SSSR count). The highest BCUT2D eigenvalue weighted by Crippen LogP contribution is 2.29. The van der Waals surface area contributed by atoms with E-state index in [1.807, 2.05) is 35.2 Å². The summed E-state index contributed by atoms with van der Waals surface area (Å²) in [5, 5.41) is 2.86. The number of aromatic amines is 2. The number of nitrogens with zero attached hydrogens (tertiary/aromatic N) is 1. The maximum Gasteiger partial charge on any atom is 0.270 e. The third-order valence-corrected chi connectivity index (χ3v) is 5.48. The summed E-state index contributed by atoms with van der Waals surface area (Å²) in [4.78, 5) is 21.3. The predicted octanol–water partition coefficient (Wildman–Crippen LogP) is 5.23. The van der Waals surface area contributed by atoms with Crippen molar-refractivity contribution >= 4 is 44.9 Å². The van der Waals surface area contributed by atoms with E-state index in [0.29, 0.717) is 23.8 Å². The molecule has 4 aromatic rings. The fourth-order valence-electron chi connectivity index (χ4n) is 3.82. The van der Waals surface area contributed by atoms with Crippen LogP contribution in [0.25, 0.3) is 27.4 Å². The van der Waals surface area contributed by atoms with Crippen molar-refractivity contribution in [2.24, 2.45) is 0 Å². The molecular formula is C22H18ClN3O. The van der Waals surface area contributed by atoms with Gasteiger partial charge in [0.2, 0.25) is 0 Å². The molecule has 1 amide bonds. The SMILES string of the molecule is O=C(c1cc2cc(Cl)ccc2[nH]1)N1CC=C(c2c[nH]c3ccccc23)CC1. The molecule has 1 aliphatic rings. The Hall–Kier alpha value is -2.98. The van der Waals surface area contributed by atoms with Crippen LogP contribution >= 0.6 is 11.6 Å². The Morgan fingerprint density at radius 3 is 2.81 bits per heavy atom. The van der Waals surface area contributed by atoms with Gasteiger partial charge in [-0.25, -0.2) is 0 Å². The second-order valence-electron chi connectivity index (χ2n) is 6.89. The van der Waals surface area contributed by atoms with Crippen molar-refractivity contribution in [3.05, 3.63) is 77.1 Å². The van der Waals surface area contributed by atoms with Gasteiger partial charge in [-0.15, -0.1) is 0 Å². The summed E-state index contributed by atoms with van der Waals surface area (Å²) in [7, 11) is 0. The van der Waals surface area contributed by atoms with Gasteiger partial charge in [-0.05, 0) is 42.3 Å². The smallest absolute Gasteiger partial charge is 0.270 e. The van der Waals surface area contributed by atoms with Crippen molar-refractivity contribution in [2.45, 2.75) is 6.42 Å². The summed E-state index contributed by atoms with van der Waals surface area (Å²) < 4.78 is 0. The van der Waals surface area contributed by atoms with Gasteiger partial charge in [0.15, 0.2) is 0 Å². The van der Waals surface area contributed by atoms with Crippen LogP contribution in [0.1, 0.15) is 22.5 Å². The molecule has 3 heterocycles.